The van der Waals surface area contributed by atoms with Gasteiger partial charge >= 0.3 is 0 Å². The van der Waals surface area contributed by atoms with Crippen LogP contribution in [0.5, 0.6) is 0 Å². The minimum Gasteiger partial charge on any atom is -0.459 e. The molecule has 5 heteroatoms. The number of carbonyl (C=O) groups excluding carboxylic acids is 2. The van der Waals surface area contributed by atoms with Crippen LogP contribution in [-0.4, -0.2) is 24.9 Å². The number of nitrogens with zero attached hydrogens (tertiary/aromatic N) is 1. The number of anilines is 1. The van der Waals surface area contributed by atoms with E-state index in [4.69, 9.17) is 4.42 Å². The molecule has 1 N–H and O–H groups in total. The molecular weight excluding hydrogens is 280 g/mol. The molecule has 0 saturated carbocycles. The molecule has 0 fully saturated rings. The fourth-order valence-electron chi connectivity index (χ4n) is 2.90. The molecule has 0 spiro atoms. The monoisotopic (exact) mass is 298 g/mol. The van der Waals surface area contributed by atoms with Crippen LogP contribution in [-0.2, 0) is 4.79 Å². The third-order valence-corrected chi connectivity index (χ3v) is 3.97. The molecule has 5 nitrogen and oxygen atoms in total. The second kappa shape index (κ2) is 6.05. The van der Waals surface area contributed by atoms with Crippen LogP contribution in [0.15, 0.2) is 47.1 Å². The summed E-state index contributed by atoms with van der Waals surface area (Å²) >= 11 is 0. The molecule has 22 heavy (non-hydrogen) atoms. The summed E-state index contributed by atoms with van der Waals surface area (Å²) in [7, 11) is 0. The van der Waals surface area contributed by atoms with Gasteiger partial charge in [-0.25, -0.2) is 0 Å². The van der Waals surface area contributed by atoms with E-state index in [0.29, 0.717) is 18.8 Å². The van der Waals surface area contributed by atoms with Gasteiger partial charge in [0.25, 0.3) is 5.91 Å². The van der Waals surface area contributed by atoms with Crippen molar-refractivity contribution < 1.29 is 14.0 Å². The number of nitrogens with one attached hydrogen (secondary N) is 1. The van der Waals surface area contributed by atoms with E-state index in [9.17, 15) is 9.59 Å². The van der Waals surface area contributed by atoms with E-state index < -0.39 is 0 Å². The first kappa shape index (κ1) is 14.4. The van der Waals surface area contributed by atoms with Gasteiger partial charge in [-0.1, -0.05) is 18.2 Å². The van der Waals surface area contributed by atoms with Crippen molar-refractivity contribution in [1.29, 1.82) is 0 Å². The van der Waals surface area contributed by atoms with Crippen molar-refractivity contribution in [3.8, 4) is 0 Å². The van der Waals surface area contributed by atoms with Crippen molar-refractivity contribution in [2.75, 3.05) is 18.0 Å². The molecule has 1 aromatic carbocycles. The normalized spacial score (nSPS) is 16.4. The highest BCUT2D eigenvalue weighted by atomic mass is 16.3. The number of amides is 2. The lowest BCUT2D eigenvalue weighted by Crippen LogP contribution is -2.29. The van der Waals surface area contributed by atoms with Gasteiger partial charge in [-0.15, -0.1) is 0 Å². The quantitative estimate of drug-likeness (QED) is 0.943. The molecule has 0 radical (unpaired) electrons. The van der Waals surface area contributed by atoms with Crippen LogP contribution in [0.2, 0.25) is 0 Å². The Bertz CT molecular complexity index is 679. The second-order valence-electron chi connectivity index (χ2n) is 5.41. The third kappa shape index (κ3) is 2.74. The van der Waals surface area contributed by atoms with E-state index in [1.54, 1.807) is 24.0 Å². The van der Waals surface area contributed by atoms with Gasteiger partial charge in [0.15, 0.2) is 5.76 Å². The summed E-state index contributed by atoms with van der Waals surface area (Å²) in [6, 6.07) is 11.3. The molecule has 2 heterocycles. The minimum atomic E-state index is -0.209. The summed E-state index contributed by atoms with van der Waals surface area (Å²) in [6.45, 7) is 2.80. The van der Waals surface area contributed by atoms with Gasteiger partial charge in [-0.2, -0.15) is 0 Å². The molecule has 114 valence electrons. The van der Waals surface area contributed by atoms with E-state index >= 15 is 0 Å². The lowest BCUT2D eigenvalue weighted by Gasteiger charge is -2.15. The number of hydrogen-bond donors (Lipinski definition) is 1. The van der Waals surface area contributed by atoms with Crippen molar-refractivity contribution in [2.45, 2.75) is 19.3 Å². The van der Waals surface area contributed by atoms with Gasteiger partial charge in [-0.05, 0) is 30.2 Å². The maximum absolute atomic E-state index is 11.8. The van der Waals surface area contributed by atoms with Crippen molar-refractivity contribution in [3.63, 3.8) is 0 Å². The van der Waals surface area contributed by atoms with Crippen molar-refractivity contribution in [3.05, 3.63) is 54.0 Å². The number of furan rings is 1. The van der Waals surface area contributed by atoms with Crippen molar-refractivity contribution >= 4 is 17.5 Å². The number of fused-ring (bicyclic) bond motifs is 1. The van der Waals surface area contributed by atoms with Gasteiger partial charge in [0, 0.05) is 31.6 Å². The highest BCUT2D eigenvalue weighted by Crippen LogP contribution is 2.37. The number of rotatable bonds is 4. The summed E-state index contributed by atoms with van der Waals surface area (Å²) in [6.07, 6.45) is 2.26. The van der Waals surface area contributed by atoms with Crippen LogP contribution in [0.1, 0.15) is 35.4 Å². The lowest BCUT2D eigenvalue weighted by atomic mass is 9.98. The van der Waals surface area contributed by atoms with E-state index in [2.05, 4.69) is 11.4 Å². The first-order valence-corrected chi connectivity index (χ1v) is 7.35. The number of hydrogen-bond acceptors (Lipinski definition) is 3. The van der Waals surface area contributed by atoms with E-state index in [1.807, 2.05) is 18.2 Å². The second-order valence-corrected chi connectivity index (χ2v) is 5.41. The average Bonchev–Trinajstić information content (AvgIpc) is 3.15. The zero-order valence-electron chi connectivity index (χ0n) is 12.4. The number of carbonyl (C=O) groups is 2. The lowest BCUT2D eigenvalue weighted by molar-refractivity contribution is -0.116. The summed E-state index contributed by atoms with van der Waals surface area (Å²) in [5, 5.41) is 2.85. The summed E-state index contributed by atoms with van der Waals surface area (Å²) < 4.78 is 5.06. The molecule has 3 rings (SSSR count). The Labute approximate surface area is 128 Å². The number of para-hydroxylation sites is 1. The summed E-state index contributed by atoms with van der Waals surface area (Å²) in [4.78, 5) is 25.4. The topological polar surface area (TPSA) is 62.6 Å². The van der Waals surface area contributed by atoms with Gasteiger partial charge in [0.05, 0.1) is 6.26 Å². The standard InChI is InChI=1S/C17H18N2O3/c1-12(20)19-11-13(14-5-2-3-6-15(14)19)8-9-18-17(21)16-7-4-10-22-16/h2-7,10,13H,8-9,11H2,1H3,(H,18,21). The Morgan fingerprint density at radius 2 is 2.09 bits per heavy atom. The largest absolute Gasteiger partial charge is 0.459 e. The molecule has 1 unspecified atom stereocenters. The van der Waals surface area contributed by atoms with Crippen molar-refractivity contribution in [1.82, 2.24) is 5.32 Å². The van der Waals surface area contributed by atoms with E-state index in [-0.39, 0.29) is 17.7 Å². The molecule has 1 atom stereocenters. The van der Waals surface area contributed by atoms with Crippen LogP contribution >= 0.6 is 0 Å². The molecule has 0 bridgehead atoms. The zero-order chi connectivity index (χ0) is 15.5. The molecule has 1 aliphatic rings. The third-order valence-electron chi connectivity index (χ3n) is 3.97. The molecule has 0 saturated heterocycles. The Balaban J connectivity index is 1.62. The maximum atomic E-state index is 11.8. The van der Waals surface area contributed by atoms with Crippen LogP contribution in [0.3, 0.4) is 0 Å². The number of benzene rings is 1. The Morgan fingerprint density at radius 1 is 1.27 bits per heavy atom. The Kier molecular flexibility index (Phi) is 3.96. The van der Waals surface area contributed by atoms with Crippen LogP contribution in [0.25, 0.3) is 0 Å². The smallest absolute Gasteiger partial charge is 0.286 e. The molecular formula is C17H18N2O3. The first-order chi connectivity index (χ1) is 10.7. The molecule has 1 aliphatic heterocycles. The average molecular weight is 298 g/mol. The Hall–Kier alpha value is -2.56. The summed E-state index contributed by atoms with van der Waals surface area (Å²) in [5.41, 5.74) is 2.15. The minimum absolute atomic E-state index is 0.0505. The highest BCUT2D eigenvalue weighted by molar-refractivity contribution is 5.94. The van der Waals surface area contributed by atoms with Crippen LogP contribution < -0.4 is 10.2 Å². The van der Waals surface area contributed by atoms with Gasteiger partial charge in [0.1, 0.15) is 0 Å². The first-order valence-electron chi connectivity index (χ1n) is 7.35. The van der Waals surface area contributed by atoms with Gasteiger partial charge in [-0.3, -0.25) is 9.59 Å². The van der Waals surface area contributed by atoms with E-state index in [0.717, 1.165) is 12.1 Å². The fourth-order valence-corrected chi connectivity index (χ4v) is 2.90. The molecule has 2 aromatic rings. The Morgan fingerprint density at radius 3 is 2.82 bits per heavy atom. The van der Waals surface area contributed by atoms with Crippen LogP contribution in [0, 0.1) is 0 Å². The zero-order valence-corrected chi connectivity index (χ0v) is 12.4. The van der Waals surface area contributed by atoms with Crippen LogP contribution in [0.4, 0.5) is 5.69 Å². The predicted molar refractivity (Wildman–Crippen MR) is 82.9 cm³/mol. The SMILES string of the molecule is CC(=O)N1CC(CCNC(=O)c2ccco2)c2ccccc21. The highest BCUT2D eigenvalue weighted by Gasteiger charge is 2.30. The van der Waals surface area contributed by atoms with E-state index in [1.165, 1.54) is 11.8 Å². The summed E-state index contributed by atoms with van der Waals surface area (Å²) in [5.74, 6) is 0.406. The van der Waals surface area contributed by atoms with Crippen molar-refractivity contribution in [2.24, 2.45) is 0 Å². The molecule has 2 amide bonds. The van der Waals surface area contributed by atoms with Gasteiger partial charge in [0.2, 0.25) is 5.91 Å². The fraction of sp³-hybridized carbons (Fsp3) is 0.294. The predicted octanol–water partition coefficient (Wildman–Crippen LogP) is 2.55. The van der Waals surface area contributed by atoms with Gasteiger partial charge < -0.3 is 14.6 Å². The molecule has 1 aromatic heterocycles. The maximum Gasteiger partial charge on any atom is 0.286 e. The molecule has 0 aliphatic carbocycles.